The summed E-state index contributed by atoms with van der Waals surface area (Å²) < 4.78 is 5.73. The Bertz CT molecular complexity index is 287. The van der Waals surface area contributed by atoms with Crippen molar-refractivity contribution in [3.63, 3.8) is 0 Å². The van der Waals surface area contributed by atoms with Gasteiger partial charge in [-0.15, -0.1) is 0 Å². The van der Waals surface area contributed by atoms with Crippen LogP contribution in [0.4, 0.5) is 0 Å². The predicted molar refractivity (Wildman–Crippen MR) is 79.6 cm³/mol. The van der Waals surface area contributed by atoms with Crippen molar-refractivity contribution in [2.24, 2.45) is 0 Å². The van der Waals surface area contributed by atoms with E-state index in [9.17, 15) is 4.79 Å². The Morgan fingerprint density at radius 1 is 1.47 bits per heavy atom. The van der Waals surface area contributed by atoms with E-state index in [1.54, 1.807) is 0 Å². The number of hydrogen-bond donors (Lipinski definition) is 1. The van der Waals surface area contributed by atoms with E-state index in [0.717, 1.165) is 31.7 Å². The molecule has 2 heterocycles. The molecule has 0 spiro atoms. The van der Waals surface area contributed by atoms with Crippen LogP contribution in [0.25, 0.3) is 0 Å². The number of amides is 1. The van der Waals surface area contributed by atoms with Crippen LogP contribution in [0.5, 0.6) is 0 Å². The second kappa shape index (κ2) is 7.50. The predicted octanol–water partition coefficient (Wildman–Crippen LogP) is 1.50. The first-order valence-corrected chi connectivity index (χ1v) is 8.53. The van der Waals surface area contributed by atoms with Crippen molar-refractivity contribution in [2.75, 3.05) is 31.2 Å². The zero-order chi connectivity index (χ0) is 13.7. The molecule has 110 valence electrons. The van der Waals surface area contributed by atoms with Gasteiger partial charge in [-0.3, -0.25) is 9.69 Å². The summed E-state index contributed by atoms with van der Waals surface area (Å²) in [6.07, 6.45) is 3.84. The lowest BCUT2D eigenvalue weighted by Crippen LogP contribution is -2.47. The topological polar surface area (TPSA) is 41.6 Å². The highest BCUT2D eigenvalue weighted by atomic mass is 32.2. The third kappa shape index (κ3) is 4.97. The summed E-state index contributed by atoms with van der Waals surface area (Å²) >= 11 is 2.00. The lowest BCUT2D eigenvalue weighted by molar-refractivity contribution is -0.123. The molecule has 4 nitrogen and oxygen atoms in total. The Hall–Kier alpha value is -0.260. The van der Waals surface area contributed by atoms with Gasteiger partial charge in [0, 0.05) is 31.0 Å². The Morgan fingerprint density at radius 3 is 2.89 bits per heavy atom. The first kappa shape index (κ1) is 15.1. The molecule has 2 rings (SSSR count). The molecule has 2 aliphatic heterocycles. The molecular formula is C14H26N2O2S. The van der Waals surface area contributed by atoms with Crippen LogP contribution in [0.15, 0.2) is 0 Å². The van der Waals surface area contributed by atoms with Crippen molar-refractivity contribution in [2.45, 2.75) is 51.3 Å². The number of thioether (sulfide) groups is 1. The Labute approximate surface area is 120 Å². The summed E-state index contributed by atoms with van der Waals surface area (Å²) in [6, 6.07) is 0.766. The van der Waals surface area contributed by atoms with Crippen LogP contribution in [-0.4, -0.2) is 60.2 Å². The Kier molecular flexibility index (Phi) is 5.98. The maximum absolute atomic E-state index is 12.0. The van der Waals surface area contributed by atoms with Gasteiger partial charge in [0.15, 0.2) is 0 Å². The molecule has 0 aromatic carbocycles. The summed E-state index contributed by atoms with van der Waals surface area (Å²) in [5.74, 6) is 2.52. The lowest BCUT2D eigenvalue weighted by atomic mass is 10.1. The van der Waals surface area contributed by atoms with Gasteiger partial charge in [-0.05, 0) is 38.9 Å². The van der Waals surface area contributed by atoms with Crippen molar-refractivity contribution in [1.29, 1.82) is 0 Å². The molecule has 1 N–H and O–H groups in total. The van der Waals surface area contributed by atoms with Gasteiger partial charge in [-0.1, -0.05) is 0 Å². The van der Waals surface area contributed by atoms with Gasteiger partial charge in [0.2, 0.25) is 5.91 Å². The Morgan fingerprint density at radius 2 is 2.32 bits per heavy atom. The molecular weight excluding hydrogens is 260 g/mol. The third-order valence-electron chi connectivity index (χ3n) is 3.68. The first-order valence-electron chi connectivity index (χ1n) is 7.38. The molecule has 0 radical (unpaired) electrons. The molecule has 0 unspecified atom stereocenters. The van der Waals surface area contributed by atoms with Gasteiger partial charge >= 0.3 is 0 Å². The molecule has 2 saturated heterocycles. The molecule has 0 aliphatic carbocycles. The number of nitrogens with zero attached hydrogens (tertiary/aromatic N) is 1. The summed E-state index contributed by atoms with van der Waals surface area (Å²) in [5.41, 5.74) is 0. The second-order valence-electron chi connectivity index (χ2n) is 5.80. The monoisotopic (exact) mass is 286 g/mol. The minimum absolute atomic E-state index is 0.143. The van der Waals surface area contributed by atoms with Crippen molar-refractivity contribution >= 4 is 17.7 Å². The summed E-state index contributed by atoms with van der Waals surface area (Å²) in [7, 11) is 0. The lowest BCUT2D eigenvalue weighted by Gasteiger charge is -2.30. The molecule has 19 heavy (non-hydrogen) atoms. The SMILES string of the molecule is CC(C)NC(=O)CN(C[C@@H]1CCCO1)[C@@H]1CCSC1. The average molecular weight is 286 g/mol. The van der Waals surface area contributed by atoms with E-state index in [0.29, 0.717) is 18.7 Å². The quantitative estimate of drug-likeness (QED) is 0.803. The highest BCUT2D eigenvalue weighted by Gasteiger charge is 2.28. The normalized spacial score (nSPS) is 27.4. The fourth-order valence-electron chi connectivity index (χ4n) is 2.75. The van der Waals surface area contributed by atoms with Crippen molar-refractivity contribution < 1.29 is 9.53 Å². The van der Waals surface area contributed by atoms with Crippen LogP contribution in [0, 0.1) is 0 Å². The number of ether oxygens (including phenoxy) is 1. The summed E-state index contributed by atoms with van der Waals surface area (Å²) in [5, 5.41) is 2.99. The number of hydrogen-bond acceptors (Lipinski definition) is 4. The van der Waals surface area contributed by atoms with Gasteiger partial charge in [0.25, 0.3) is 0 Å². The molecule has 5 heteroatoms. The molecule has 0 aromatic heterocycles. The molecule has 2 fully saturated rings. The summed E-state index contributed by atoms with van der Waals surface area (Å²) in [4.78, 5) is 14.3. The number of carbonyl (C=O) groups is 1. The highest BCUT2D eigenvalue weighted by Crippen LogP contribution is 2.24. The standard InChI is InChI=1S/C14H26N2O2S/c1-11(2)15-14(17)9-16(12-5-7-19-10-12)8-13-4-3-6-18-13/h11-13H,3-10H2,1-2H3,(H,15,17)/t12-,13+/m1/s1. The van der Waals surface area contributed by atoms with E-state index < -0.39 is 0 Å². The zero-order valence-corrected chi connectivity index (χ0v) is 12.9. The minimum atomic E-state index is 0.143. The maximum Gasteiger partial charge on any atom is 0.234 e. The van der Waals surface area contributed by atoms with Crippen LogP contribution in [0.3, 0.4) is 0 Å². The smallest absolute Gasteiger partial charge is 0.234 e. The molecule has 2 aliphatic rings. The van der Waals surface area contributed by atoms with Crippen molar-refractivity contribution in [3.05, 3.63) is 0 Å². The van der Waals surface area contributed by atoms with Crippen molar-refractivity contribution in [3.8, 4) is 0 Å². The van der Waals surface area contributed by atoms with Gasteiger partial charge < -0.3 is 10.1 Å². The zero-order valence-electron chi connectivity index (χ0n) is 12.1. The molecule has 1 amide bonds. The fourth-order valence-corrected chi connectivity index (χ4v) is 4.01. The number of carbonyl (C=O) groups excluding carboxylic acids is 1. The van der Waals surface area contributed by atoms with E-state index in [4.69, 9.17) is 4.74 Å². The van der Waals surface area contributed by atoms with Crippen molar-refractivity contribution in [1.82, 2.24) is 10.2 Å². The van der Waals surface area contributed by atoms with E-state index in [2.05, 4.69) is 10.2 Å². The number of nitrogens with one attached hydrogen (secondary N) is 1. The van der Waals surface area contributed by atoms with Gasteiger partial charge in [-0.25, -0.2) is 0 Å². The van der Waals surface area contributed by atoms with E-state index >= 15 is 0 Å². The minimum Gasteiger partial charge on any atom is -0.377 e. The number of rotatable bonds is 6. The summed E-state index contributed by atoms with van der Waals surface area (Å²) in [6.45, 7) is 6.33. The van der Waals surface area contributed by atoms with Crippen LogP contribution < -0.4 is 5.32 Å². The molecule has 0 bridgehead atoms. The van der Waals surface area contributed by atoms with Gasteiger partial charge in [0.05, 0.1) is 12.6 Å². The van der Waals surface area contributed by atoms with Crippen LogP contribution in [0.1, 0.15) is 33.1 Å². The maximum atomic E-state index is 12.0. The van der Waals surface area contributed by atoms with Crippen LogP contribution >= 0.6 is 11.8 Å². The first-order chi connectivity index (χ1) is 9.15. The largest absolute Gasteiger partial charge is 0.377 e. The average Bonchev–Trinajstić information content (AvgIpc) is 2.99. The van der Waals surface area contributed by atoms with Crippen LogP contribution in [-0.2, 0) is 9.53 Å². The highest BCUT2D eigenvalue weighted by molar-refractivity contribution is 7.99. The third-order valence-corrected chi connectivity index (χ3v) is 4.83. The second-order valence-corrected chi connectivity index (χ2v) is 6.95. The van der Waals surface area contributed by atoms with Crippen LogP contribution in [0.2, 0.25) is 0 Å². The van der Waals surface area contributed by atoms with Gasteiger partial charge in [0.1, 0.15) is 0 Å². The molecule has 2 atom stereocenters. The van der Waals surface area contributed by atoms with E-state index in [1.165, 1.54) is 12.2 Å². The van der Waals surface area contributed by atoms with E-state index in [1.807, 2.05) is 25.6 Å². The molecule has 0 aromatic rings. The molecule has 0 saturated carbocycles. The van der Waals surface area contributed by atoms with Gasteiger partial charge in [-0.2, -0.15) is 11.8 Å². The fraction of sp³-hybridized carbons (Fsp3) is 0.929. The van der Waals surface area contributed by atoms with E-state index in [-0.39, 0.29) is 11.9 Å². The Balaban J connectivity index is 1.86.